The first-order chi connectivity index (χ1) is 16.3. The molecule has 0 atom stereocenters. The van der Waals surface area contributed by atoms with Crippen LogP contribution in [0.1, 0.15) is 142 Å². The van der Waals surface area contributed by atoms with Crippen LogP contribution < -0.4 is 16.4 Å². The number of anilines is 3. The molecule has 0 aliphatic carbocycles. The zero-order chi connectivity index (χ0) is 23.8. The van der Waals surface area contributed by atoms with Crippen LogP contribution in [-0.2, 0) is 0 Å². The number of hydrogen-bond acceptors (Lipinski definition) is 5. The summed E-state index contributed by atoms with van der Waals surface area (Å²) < 4.78 is 0. The largest absolute Gasteiger partial charge is 0.383 e. The molecule has 1 aromatic rings. The van der Waals surface area contributed by atoms with Crippen molar-refractivity contribution in [3.05, 3.63) is 6.07 Å². The third-order valence-corrected chi connectivity index (χ3v) is 6.40. The summed E-state index contributed by atoms with van der Waals surface area (Å²) >= 11 is 0. The van der Waals surface area contributed by atoms with E-state index >= 15 is 0 Å². The molecule has 192 valence electrons. The molecule has 0 aliphatic rings. The summed E-state index contributed by atoms with van der Waals surface area (Å²) in [7, 11) is 0. The third kappa shape index (κ3) is 18.6. The van der Waals surface area contributed by atoms with E-state index < -0.39 is 0 Å². The zero-order valence-corrected chi connectivity index (χ0v) is 22.1. The Hall–Kier alpha value is -1.52. The molecule has 0 spiro atoms. The summed E-state index contributed by atoms with van der Waals surface area (Å²) in [6, 6.07) is 1.84. The van der Waals surface area contributed by atoms with Crippen LogP contribution in [-0.4, -0.2) is 23.1 Å². The molecule has 0 fully saturated rings. The number of rotatable bonds is 24. The van der Waals surface area contributed by atoms with Crippen LogP contribution in [0.5, 0.6) is 0 Å². The second-order valence-electron chi connectivity index (χ2n) is 9.72. The van der Waals surface area contributed by atoms with E-state index in [1.54, 1.807) is 0 Å². The summed E-state index contributed by atoms with van der Waals surface area (Å²) in [5.41, 5.74) is 5.99. The minimum Gasteiger partial charge on any atom is -0.383 e. The molecule has 0 bridgehead atoms. The predicted octanol–water partition coefficient (Wildman–Crippen LogP) is 8.72. The monoisotopic (exact) mass is 461 g/mol. The van der Waals surface area contributed by atoms with Crippen LogP contribution in [0.3, 0.4) is 0 Å². The highest BCUT2D eigenvalue weighted by molar-refractivity contribution is 5.49. The lowest BCUT2D eigenvalue weighted by atomic mass is 10.1. The third-order valence-electron chi connectivity index (χ3n) is 6.40. The Morgan fingerprint density at radius 1 is 0.545 bits per heavy atom. The number of nitrogen functional groups attached to an aromatic ring is 1. The van der Waals surface area contributed by atoms with Crippen molar-refractivity contribution in [3.63, 3.8) is 0 Å². The summed E-state index contributed by atoms with van der Waals surface area (Å²) in [6.45, 7) is 6.42. The quantitative estimate of drug-likeness (QED) is 0.134. The average Bonchev–Trinajstić information content (AvgIpc) is 2.80. The number of hydrogen-bond donors (Lipinski definition) is 3. The van der Waals surface area contributed by atoms with Gasteiger partial charge in [0, 0.05) is 19.2 Å². The highest BCUT2D eigenvalue weighted by Crippen LogP contribution is 2.14. The standard InChI is InChI=1S/C28H55N5/c1-3-5-7-9-11-13-15-17-19-21-23-30-27-25-26(29)32-28(33-27)31-24-22-20-18-16-14-12-10-8-6-4-2/h25H,3-24H2,1-2H3,(H4,29,30,31,32,33). The molecule has 1 heterocycles. The predicted molar refractivity (Wildman–Crippen MR) is 147 cm³/mol. The molecular formula is C28H55N5. The van der Waals surface area contributed by atoms with Crippen molar-refractivity contribution in [2.75, 3.05) is 29.5 Å². The SMILES string of the molecule is CCCCCCCCCCCCNc1cc(N)nc(NCCCCCCCCCCCC)n1. The van der Waals surface area contributed by atoms with Gasteiger partial charge in [-0.25, -0.2) is 0 Å². The number of nitrogens with zero attached hydrogens (tertiary/aromatic N) is 2. The van der Waals surface area contributed by atoms with Crippen molar-refractivity contribution in [2.24, 2.45) is 0 Å². The first kappa shape index (κ1) is 29.5. The van der Waals surface area contributed by atoms with Crippen molar-refractivity contribution in [1.82, 2.24) is 9.97 Å². The van der Waals surface area contributed by atoms with Gasteiger partial charge < -0.3 is 16.4 Å². The topological polar surface area (TPSA) is 75.9 Å². The smallest absolute Gasteiger partial charge is 0.226 e. The molecule has 1 rings (SSSR count). The molecule has 0 saturated heterocycles. The van der Waals surface area contributed by atoms with E-state index in [2.05, 4.69) is 34.4 Å². The van der Waals surface area contributed by atoms with Gasteiger partial charge in [0.25, 0.3) is 0 Å². The van der Waals surface area contributed by atoms with E-state index in [0.717, 1.165) is 25.3 Å². The van der Waals surface area contributed by atoms with E-state index in [0.29, 0.717) is 11.8 Å². The van der Waals surface area contributed by atoms with Gasteiger partial charge in [0.2, 0.25) is 5.95 Å². The Bertz CT molecular complexity index is 505. The van der Waals surface area contributed by atoms with Crippen LogP contribution in [0, 0.1) is 0 Å². The normalized spacial score (nSPS) is 11.1. The lowest BCUT2D eigenvalue weighted by molar-refractivity contribution is 0.559. The van der Waals surface area contributed by atoms with E-state index in [1.165, 1.54) is 122 Å². The molecule has 0 unspecified atom stereocenters. The van der Waals surface area contributed by atoms with Crippen LogP contribution in [0.15, 0.2) is 6.07 Å². The Morgan fingerprint density at radius 3 is 1.39 bits per heavy atom. The van der Waals surface area contributed by atoms with Gasteiger partial charge in [-0.3, -0.25) is 0 Å². The maximum atomic E-state index is 5.99. The highest BCUT2D eigenvalue weighted by atomic mass is 15.2. The van der Waals surface area contributed by atoms with Crippen molar-refractivity contribution in [3.8, 4) is 0 Å². The summed E-state index contributed by atoms with van der Waals surface area (Å²) in [5, 5.41) is 6.77. The fourth-order valence-electron chi connectivity index (χ4n) is 4.28. The maximum Gasteiger partial charge on any atom is 0.226 e. The lowest BCUT2D eigenvalue weighted by Crippen LogP contribution is -2.10. The van der Waals surface area contributed by atoms with Gasteiger partial charge in [0.1, 0.15) is 11.6 Å². The minimum atomic E-state index is 0.529. The molecule has 0 saturated carbocycles. The number of nitrogens with two attached hydrogens (primary N) is 1. The molecule has 1 aromatic heterocycles. The fourth-order valence-corrected chi connectivity index (χ4v) is 4.28. The van der Waals surface area contributed by atoms with Gasteiger partial charge in [-0.1, -0.05) is 129 Å². The summed E-state index contributed by atoms with van der Waals surface area (Å²) in [6.07, 6.45) is 27.0. The number of nitrogens with one attached hydrogen (secondary N) is 2. The van der Waals surface area contributed by atoms with Crippen LogP contribution in [0.25, 0.3) is 0 Å². The Morgan fingerprint density at radius 2 is 0.939 bits per heavy atom. The molecule has 33 heavy (non-hydrogen) atoms. The van der Waals surface area contributed by atoms with E-state index in [-0.39, 0.29) is 0 Å². The summed E-state index contributed by atoms with van der Waals surface area (Å²) in [4.78, 5) is 8.92. The van der Waals surface area contributed by atoms with E-state index in [9.17, 15) is 0 Å². The van der Waals surface area contributed by atoms with Gasteiger partial charge >= 0.3 is 0 Å². The van der Waals surface area contributed by atoms with Crippen LogP contribution in [0.4, 0.5) is 17.6 Å². The van der Waals surface area contributed by atoms with Gasteiger partial charge in [0.05, 0.1) is 0 Å². The van der Waals surface area contributed by atoms with Crippen LogP contribution >= 0.6 is 0 Å². The first-order valence-electron chi connectivity index (χ1n) is 14.4. The molecule has 5 nitrogen and oxygen atoms in total. The van der Waals surface area contributed by atoms with Gasteiger partial charge in [-0.2, -0.15) is 9.97 Å². The second-order valence-corrected chi connectivity index (χ2v) is 9.72. The van der Waals surface area contributed by atoms with Gasteiger partial charge in [-0.15, -0.1) is 0 Å². The second kappa shape index (κ2) is 22.3. The lowest BCUT2D eigenvalue weighted by Gasteiger charge is -2.10. The number of aromatic nitrogens is 2. The molecule has 0 aromatic carbocycles. The van der Waals surface area contributed by atoms with Crippen molar-refractivity contribution in [1.29, 1.82) is 0 Å². The Kier molecular flexibility index (Phi) is 19.9. The fraction of sp³-hybridized carbons (Fsp3) is 0.857. The van der Waals surface area contributed by atoms with Crippen molar-refractivity contribution < 1.29 is 0 Å². The molecule has 0 amide bonds. The molecule has 5 heteroatoms. The molecule has 4 N–H and O–H groups in total. The van der Waals surface area contributed by atoms with Crippen LogP contribution in [0.2, 0.25) is 0 Å². The first-order valence-corrected chi connectivity index (χ1v) is 14.4. The summed E-state index contributed by atoms with van der Waals surface area (Å²) in [5.74, 6) is 2.02. The highest BCUT2D eigenvalue weighted by Gasteiger charge is 2.02. The van der Waals surface area contributed by atoms with Gasteiger partial charge in [-0.05, 0) is 12.8 Å². The average molecular weight is 462 g/mol. The molecule has 0 aliphatic heterocycles. The van der Waals surface area contributed by atoms with Gasteiger partial charge in [0.15, 0.2) is 0 Å². The van der Waals surface area contributed by atoms with E-state index in [4.69, 9.17) is 5.73 Å². The molecule has 0 radical (unpaired) electrons. The minimum absolute atomic E-state index is 0.529. The Labute approximate surface area is 205 Å². The molecular weight excluding hydrogens is 406 g/mol. The Balaban J connectivity index is 2.02. The number of unbranched alkanes of at least 4 members (excludes halogenated alkanes) is 18. The van der Waals surface area contributed by atoms with E-state index in [1.807, 2.05) is 6.07 Å². The zero-order valence-electron chi connectivity index (χ0n) is 22.1. The maximum absolute atomic E-state index is 5.99. The van der Waals surface area contributed by atoms with Crippen molar-refractivity contribution >= 4 is 17.6 Å². The van der Waals surface area contributed by atoms with Crippen molar-refractivity contribution in [2.45, 2.75) is 142 Å².